The Balaban J connectivity index is 2.01. The van der Waals surface area contributed by atoms with Gasteiger partial charge in [0, 0.05) is 34.8 Å². The van der Waals surface area contributed by atoms with Crippen LogP contribution in [0.3, 0.4) is 0 Å². The van der Waals surface area contributed by atoms with Crippen molar-refractivity contribution < 1.29 is 14.4 Å². The average molecular weight is 371 g/mol. The third-order valence-corrected chi connectivity index (χ3v) is 5.34. The van der Waals surface area contributed by atoms with Crippen LogP contribution in [0.2, 0.25) is 0 Å². The van der Waals surface area contributed by atoms with Gasteiger partial charge in [-0.1, -0.05) is 60.2 Å². The predicted molar refractivity (Wildman–Crippen MR) is 110 cm³/mol. The normalized spacial score (nSPS) is 19.0. The smallest absolute Gasteiger partial charge is 0.298 e. The Kier molecular flexibility index (Phi) is 5.77. The number of carbonyl (C=O) groups is 2. The lowest BCUT2D eigenvalue weighted by atomic mass is 9.69. The molecule has 0 aliphatic heterocycles. The largest absolute Gasteiger partial charge is 0.517 e. The van der Waals surface area contributed by atoms with Crippen LogP contribution in [0.5, 0.6) is 0 Å². The quantitative estimate of drug-likeness (QED) is 0.516. The number of aldehydes is 2. The van der Waals surface area contributed by atoms with Crippen molar-refractivity contribution in [3.05, 3.63) is 93.6 Å². The van der Waals surface area contributed by atoms with Gasteiger partial charge in [-0.25, -0.2) is 0 Å². The molecule has 3 rings (SSSR count). The Bertz CT molecular complexity index is 946. The Morgan fingerprint density at radius 2 is 1.39 bits per heavy atom. The van der Waals surface area contributed by atoms with Crippen molar-refractivity contribution in [1.29, 1.82) is 0 Å². The molecule has 3 nitrogen and oxygen atoms in total. The standard InChI is InChI=1S/C25H23O3/c1-18-11-23(12-19-3-7-21(15-26)8-4-19)24(25(2,14-18)17-28)13-20-5-9-22(16-27)10-6-20/h3-11,15-16H,12-14H2,1-2H3/q+1. The summed E-state index contributed by atoms with van der Waals surface area (Å²) in [7, 11) is 0. The molecule has 2 aromatic rings. The van der Waals surface area contributed by atoms with Crippen molar-refractivity contribution in [2.45, 2.75) is 33.1 Å². The molecule has 0 amide bonds. The number of carbonyl (C=O) groups excluding carboxylic acids is 3. The monoisotopic (exact) mass is 371 g/mol. The first-order valence-electron chi connectivity index (χ1n) is 9.34. The third-order valence-electron chi connectivity index (χ3n) is 5.34. The Hall–Kier alpha value is -3.16. The highest BCUT2D eigenvalue weighted by Gasteiger charge is 2.46. The summed E-state index contributed by atoms with van der Waals surface area (Å²) in [4.78, 5) is 33.7. The highest BCUT2D eigenvalue weighted by Crippen LogP contribution is 2.41. The number of allylic oxidation sites excluding steroid dienone is 4. The first-order chi connectivity index (χ1) is 13.5. The fourth-order valence-electron chi connectivity index (χ4n) is 3.87. The van der Waals surface area contributed by atoms with Crippen molar-refractivity contribution in [3.8, 4) is 0 Å². The van der Waals surface area contributed by atoms with Gasteiger partial charge in [-0.2, -0.15) is 0 Å². The molecule has 0 radical (unpaired) electrons. The van der Waals surface area contributed by atoms with Crippen LogP contribution in [0, 0.1) is 5.41 Å². The van der Waals surface area contributed by atoms with Crippen molar-refractivity contribution >= 4 is 18.9 Å². The molecule has 1 atom stereocenters. The van der Waals surface area contributed by atoms with E-state index in [0.29, 0.717) is 30.4 Å². The van der Waals surface area contributed by atoms with E-state index in [1.165, 1.54) is 0 Å². The van der Waals surface area contributed by atoms with Gasteiger partial charge >= 0.3 is 6.29 Å². The lowest BCUT2D eigenvalue weighted by Crippen LogP contribution is -2.27. The molecule has 0 bridgehead atoms. The van der Waals surface area contributed by atoms with E-state index in [2.05, 4.69) is 12.4 Å². The zero-order chi connectivity index (χ0) is 20.1. The van der Waals surface area contributed by atoms with E-state index in [-0.39, 0.29) is 0 Å². The van der Waals surface area contributed by atoms with E-state index in [0.717, 1.165) is 40.4 Å². The molecule has 0 heterocycles. The van der Waals surface area contributed by atoms with Gasteiger partial charge in [0.15, 0.2) is 0 Å². The molecular formula is C25H23O3+. The van der Waals surface area contributed by atoms with Gasteiger partial charge in [-0.3, -0.25) is 9.59 Å². The van der Waals surface area contributed by atoms with E-state index < -0.39 is 5.41 Å². The van der Waals surface area contributed by atoms with Crippen molar-refractivity contribution in [2.75, 3.05) is 0 Å². The zero-order valence-corrected chi connectivity index (χ0v) is 16.2. The highest BCUT2D eigenvalue weighted by atomic mass is 16.1. The lowest BCUT2D eigenvalue weighted by molar-refractivity contribution is 0.111. The molecule has 28 heavy (non-hydrogen) atoms. The molecule has 140 valence electrons. The van der Waals surface area contributed by atoms with Crippen molar-refractivity contribution in [3.63, 3.8) is 0 Å². The fourth-order valence-corrected chi connectivity index (χ4v) is 3.87. The molecule has 2 aromatic carbocycles. The first kappa shape index (κ1) is 19.6. The van der Waals surface area contributed by atoms with Crippen LogP contribution in [0.1, 0.15) is 52.1 Å². The molecule has 0 fully saturated rings. The highest BCUT2D eigenvalue weighted by molar-refractivity contribution is 5.75. The molecule has 1 unspecified atom stereocenters. The van der Waals surface area contributed by atoms with Gasteiger partial charge in [-0.15, -0.1) is 0 Å². The maximum absolute atomic E-state index is 11.9. The van der Waals surface area contributed by atoms with Gasteiger partial charge in [0.25, 0.3) is 5.41 Å². The van der Waals surface area contributed by atoms with Gasteiger partial charge in [0.05, 0.1) is 0 Å². The van der Waals surface area contributed by atoms with Gasteiger partial charge < -0.3 is 0 Å². The summed E-state index contributed by atoms with van der Waals surface area (Å²) in [6.07, 6.45) is 8.10. The molecular weight excluding hydrogens is 348 g/mol. The molecule has 3 heteroatoms. The van der Waals surface area contributed by atoms with E-state index >= 15 is 0 Å². The van der Waals surface area contributed by atoms with Gasteiger partial charge in [0.2, 0.25) is 0 Å². The van der Waals surface area contributed by atoms with E-state index in [9.17, 15) is 14.4 Å². The van der Waals surface area contributed by atoms with Crippen LogP contribution in [0.15, 0.2) is 71.3 Å². The molecule has 0 aromatic heterocycles. The number of rotatable bonds is 7. The summed E-state index contributed by atoms with van der Waals surface area (Å²) < 4.78 is 0. The van der Waals surface area contributed by atoms with Crippen molar-refractivity contribution in [2.24, 2.45) is 5.41 Å². The van der Waals surface area contributed by atoms with E-state index in [1.54, 1.807) is 12.1 Å². The number of hydrogen-bond donors (Lipinski definition) is 0. The van der Waals surface area contributed by atoms with Crippen LogP contribution in [0.25, 0.3) is 0 Å². The second kappa shape index (κ2) is 8.24. The SMILES string of the molecule is CC1=CC(Cc2ccc(C=O)cc2)=C(Cc2ccc(C=O)cc2)C(C)([C+]=O)C1. The summed E-state index contributed by atoms with van der Waals surface area (Å²) >= 11 is 0. The summed E-state index contributed by atoms with van der Waals surface area (Å²) in [6, 6.07) is 15.0. The summed E-state index contributed by atoms with van der Waals surface area (Å²) in [6.45, 7) is 3.99. The van der Waals surface area contributed by atoms with Crippen LogP contribution in [0.4, 0.5) is 0 Å². The maximum Gasteiger partial charge on any atom is 0.517 e. The van der Waals surface area contributed by atoms with Crippen LogP contribution in [-0.2, 0) is 17.6 Å². The minimum Gasteiger partial charge on any atom is -0.298 e. The first-order valence-corrected chi connectivity index (χ1v) is 9.34. The third kappa shape index (κ3) is 4.21. The molecule has 0 N–H and O–H groups in total. The molecule has 0 saturated carbocycles. The van der Waals surface area contributed by atoms with Crippen LogP contribution < -0.4 is 0 Å². The minimum absolute atomic E-state index is 0.635. The Morgan fingerprint density at radius 3 is 1.86 bits per heavy atom. The fraction of sp³-hybridized carbons (Fsp3) is 0.240. The topological polar surface area (TPSA) is 51.2 Å². The molecule has 1 aliphatic carbocycles. The Labute approximate surface area is 165 Å². The second-order valence-electron chi connectivity index (χ2n) is 7.68. The molecule has 1 aliphatic rings. The van der Waals surface area contributed by atoms with Gasteiger partial charge in [-0.05, 0) is 36.5 Å². The van der Waals surface area contributed by atoms with Crippen LogP contribution in [-0.4, -0.2) is 18.9 Å². The Morgan fingerprint density at radius 1 is 0.893 bits per heavy atom. The van der Waals surface area contributed by atoms with Gasteiger partial charge in [0.1, 0.15) is 12.6 Å². The van der Waals surface area contributed by atoms with E-state index in [1.807, 2.05) is 50.2 Å². The number of benzene rings is 2. The summed E-state index contributed by atoms with van der Waals surface area (Å²) in [5.41, 5.74) is 6.11. The maximum atomic E-state index is 11.9. The summed E-state index contributed by atoms with van der Waals surface area (Å²) in [5, 5.41) is 0. The summed E-state index contributed by atoms with van der Waals surface area (Å²) in [5.74, 6) is 0. The number of hydrogen-bond acceptors (Lipinski definition) is 3. The zero-order valence-electron chi connectivity index (χ0n) is 16.2. The van der Waals surface area contributed by atoms with Crippen LogP contribution >= 0.6 is 0 Å². The van der Waals surface area contributed by atoms with E-state index in [4.69, 9.17) is 0 Å². The lowest BCUT2D eigenvalue weighted by Gasteiger charge is -2.26. The second-order valence-corrected chi connectivity index (χ2v) is 7.68. The van der Waals surface area contributed by atoms with Crippen molar-refractivity contribution in [1.82, 2.24) is 0 Å². The average Bonchev–Trinajstić information content (AvgIpc) is 2.71. The molecule has 0 spiro atoms. The minimum atomic E-state index is -0.666. The predicted octanol–water partition coefficient (Wildman–Crippen LogP) is 4.86. The molecule has 0 saturated heterocycles.